The van der Waals surface area contributed by atoms with Crippen LogP contribution < -0.4 is 15.1 Å². The third kappa shape index (κ3) is 3.57. The van der Waals surface area contributed by atoms with E-state index in [1.165, 1.54) is 12.1 Å². The van der Waals surface area contributed by atoms with Crippen LogP contribution in [0.15, 0.2) is 75.9 Å². The summed E-state index contributed by atoms with van der Waals surface area (Å²) in [6.45, 7) is 4.51. The molecule has 1 unspecified atom stereocenters. The van der Waals surface area contributed by atoms with E-state index in [4.69, 9.17) is 9.15 Å². The second-order valence-corrected chi connectivity index (χ2v) is 8.15. The lowest BCUT2D eigenvalue weighted by molar-refractivity contribution is 0.0971. The van der Waals surface area contributed by atoms with E-state index in [2.05, 4.69) is 0 Å². The molecule has 1 aromatic heterocycles. The molecule has 3 aromatic carbocycles. The van der Waals surface area contributed by atoms with E-state index in [1.54, 1.807) is 4.90 Å². The number of aryl methyl sites for hydroxylation is 1. The molecule has 5 nitrogen and oxygen atoms in total. The quantitative estimate of drug-likeness (QED) is 0.392. The number of carbonyl (C=O) groups is 1. The summed E-state index contributed by atoms with van der Waals surface area (Å²) in [7, 11) is 0. The van der Waals surface area contributed by atoms with Crippen molar-refractivity contribution in [1.29, 1.82) is 0 Å². The Labute approximate surface area is 190 Å². The number of benzene rings is 3. The zero-order chi connectivity index (χ0) is 23.1. The van der Waals surface area contributed by atoms with E-state index in [9.17, 15) is 14.0 Å². The Bertz CT molecular complexity index is 1440. The first-order valence-corrected chi connectivity index (χ1v) is 10.9. The predicted octanol–water partition coefficient (Wildman–Crippen LogP) is 5.78. The highest BCUT2D eigenvalue weighted by molar-refractivity contribution is 6.10. The zero-order valence-corrected chi connectivity index (χ0v) is 18.3. The lowest BCUT2D eigenvalue weighted by atomic mass is 9.98. The molecule has 33 heavy (non-hydrogen) atoms. The summed E-state index contributed by atoms with van der Waals surface area (Å²) in [5.41, 5.74) is 2.29. The van der Waals surface area contributed by atoms with Crippen LogP contribution >= 0.6 is 0 Å². The number of rotatable bonds is 5. The molecule has 0 saturated carbocycles. The summed E-state index contributed by atoms with van der Waals surface area (Å²) in [6, 6.07) is 17.9. The first-order chi connectivity index (χ1) is 16.0. The first-order valence-electron chi connectivity index (χ1n) is 10.9. The van der Waals surface area contributed by atoms with Gasteiger partial charge >= 0.3 is 0 Å². The molecule has 5 rings (SSSR count). The first kappa shape index (κ1) is 20.9. The molecule has 4 aromatic rings. The Morgan fingerprint density at radius 1 is 1.03 bits per heavy atom. The van der Waals surface area contributed by atoms with Crippen LogP contribution in [0.25, 0.3) is 11.0 Å². The van der Waals surface area contributed by atoms with Crippen molar-refractivity contribution in [3.05, 3.63) is 105 Å². The maximum absolute atomic E-state index is 13.9. The average Bonchev–Trinajstić information content (AvgIpc) is 3.11. The molecular formula is C27H22FNO4. The van der Waals surface area contributed by atoms with Crippen molar-refractivity contribution in [3.63, 3.8) is 0 Å². The van der Waals surface area contributed by atoms with Crippen molar-refractivity contribution < 1.29 is 18.3 Å². The molecule has 0 N–H and O–H groups in total. The molecule has 1 amide bonds. The molecule has 1 aliphatic heterocycles. The summed E-state index contributed by atoms with van der Waals surface area (Å²) in [6.07, 6.45) is 0.853. The highest BCUT2D eigenvalue weighted by atomic mass is 19.1. The zero-order valence-electron chi connectivity index (χ0n) is 18.3. The fraction of sp³-hybridized carbons (Fsp3) is 0.185. The van der Waals surface area contributed by atoms with Crippen molar-refractivity contribution in [3.8, 4) is 5.75 Å². The van der Waals surface area contributed by atoms with Crippen LogP contribution in [0.1, 0.15) is 46.6 Å². The normalized spacial score (nSPS) is 15.2. The van der Waals surface area contributed by atoms with Crippen LogP contribution in [0, 0.1) is 12.7 Å². The van der Waals surface area contributed by atoms with Crippen molar-refractivity contribution in [2.24, 2.45) is 0 Å². The highest BCUT2D eigenvalue weighted by Crippen LogP contribution is 2.42. The molecule has 1 aliphatic rings. The van der Waals surface area contributed by atoms with Gasteiger partial charge in [0.05, 0.1) is 23.6 Å². The third-order valence-electron chi connectivity index (χ3n) is 5.76. The molecule has 6 heteroatoms. The standard InChI is InChI=1S/C27H22FNO4/c1-3-12-32-20-9-5-7-17(14-20)24-23-25(30)21-15-18(28)10-11-22(21)33-26(23)27(31)29(24)19-8-4-6-16(2)13-19/h4-11,13-15,24H,3,12H2,1-2H3. The third-order valence-corrected chi connectivity index (χ3v) is 5.76. The van der Waals surface area contributed by atoms with E-state index in [0.29, 0.717) is 23.6 Å². The lowest BCUT2D eigenvalue weighted by Gasteiger charge is -2.26. The van der Waals surface area contributed by atoms with Crippen LogP contribution in [0.2, 0.25) is 0 Å². The Morgan fingerprint density at radius 3 is 2.64 bits per heavy atom. The number of halogens is 1. The van der Waals surface area contributed by atoms with E-state index in [0.717, 1.165) is 18.1 Å². The highest BCUT2D eigenvalue weighted by Gasteiger charge is 2.43. The predicted molar refractivity (Wildman–Crippen MR) is 125 cm³/mol. The van der Waals surface area contributed by atoms with Crippen LogP contribution in [0.4, 0.5) is 10.1 Å². The van der Waals surface area contributed by atoms with Gasteiger partial charge in [0, 0.05) is 5.69 Å². The molecule has 0 fully saturated rings. The second kappa shape index (κ2) is 8.20. The molecule has 0 aliphatic carbocycles. The second-order valence-electron chi connectivity index (χ2n) is 8.15. The minimum absolute atomic E-state index is 0.0227. The van der Waals surface area contributed by atoms with Gasteiger partial charge in [-0.1, -0.05) is 31.2 Å². The monoisotopic (exact) mass is 443 g/mol. The van der Waals surface area contributed by atoms with Crippen molar-refractivity contribution in [1.82, 2.24) is 0 Å². The van der Waals surface area contributed by atoms with E-state index >= 15 is 0 Å². The van der Waals surface area contributed by atoms with E-state index < -0.39 is 23.2 Å². The largest absolute Gasteiger partial charge is 0.494 e. The Morgan fingerprint density at radius 2 is 1.85 bits per heavy atom. The van der Waals surface area contributed by atoms with Crippen molar-refractivity contribution >= 4 is 22.6 Å². The SMILES string of the molecule is CCCOc1cccc(C2c3c(oc4ccc(F)cc4c3=O)C(=O)N2c2cccc(C)c2)c1. The summed E-state index contributed by atoms with van der Waals surface area (Å²) in [5, 5.41) is 0.107. The number of anilines is 1. The Hall–Kier alpha value is -3.93. The van der Waals surface area contributed by atoms with Gasteiger partial charge in [0.2, 0.25) is 5.76 Å². The fourth-order valence-electron chi connectivity index (χ4n) is 4.30. The number of fused-ring (bicyclic) bond motifs is 2. The van der Waals surface area contributed by atoms with E-state index in [1.807, 2.05) is 62.4 Å². The van der Waals surface area contributed by atoms with Gasteiger partial charge in [-0.05, 0) is 66.9 Å². The van der Waals surface area contributed by atoms with Gasteiger partial charge in [0.1, 0.15) is 17.1 Å². The van der Waals surface area contributed by atoms with Gasteiger partial charge in [-0.3, -0.25) is 14.5 Å². The minimum atomic E-state index is -0.733. The van der Waals surface area contributed by atoms with Crippen molar-refractivity contribution in [2.45, 2.75) is 26.3 Å². The van der Waals surface area contributed by atoms with Gasteiger partial charge < -0.3 is 9.15 Å². The molecule has 0 bridgehead atoms. The number of carbonyl (C=O) groups excluding carboxylic acids is 1. The van der Waals surface area contributed by atoms with Crippen molar-refractivity contribution in [2.75, 3.05) is 11.5 Å². The number of hydrogen-bond acceptors (Lipinski definition) is 4. The summed E-state index contributed by atoms with van der Waals surface area (Å²) < 4.78 is 25.6. The molecule has 1 atom stereocenters. The summed E-state index contributed by atoms with van der Waals surface area (Å²) >= 11 is 0. The Balaban J connectivity index is 1.77. The summed E-state index contributed by atoms with van der Waals surface area (Å²) in [5.74, 6) is -0.328. The van der Waals surface area contributed by atoms with E-state index in [-0.39, 0.29) is 22.3 Å². The minimum Gasteiger partial charge on any atom is -0.494 e. The number of amides is 1. The smallest absolute Gasteiger partial charge is 0.295 e. The van der Waals surface area contributed by atoms with Crippen LogP contribution in [-0.4, -0.2) is 12.5 Å². The van der Waals surface area contributed by atoms with Gasteiger partial charge in [0.15, 0.2) is 5.43 Å². The molecule has 2 heterocycles. The number of nitrogens with zero attached hydrogens (tertiary/aromatic N) is 1. The van der Waals surface area contributed by atoms with Gasteiger partial charge in [-0.15, -0.1) is 0 Å². The molecule has 0 spiro atoms. The maximum atomic E-state index is 13.9. The maximum Gasteiger partial charge on any atom is 0.295 e. The van der Waals surface area contributed by atoms with Crippen LogP contribution in [-0.2, 0) is 0 Å². The van der Waals surface area contributed by atoms with Gasteiger partial charge in [-0.25, -0.2) is 4.39 Å². The summed E-state index contributed by atoms with van der Waals surface area (Å²) in [4.78, 5) is 28.7. The molecule has 0 saturated heterocycles. The molecule has 0 radical (unpaired) electrons. The molecule has 166 valence electrons. The Kier molecular flexibility index (Phi) is 5.21. The number of hydrogen-bond donors (Lipinski definition) is 0. The van der Waals surface area contributed by atoms with Gasteiger partial charge in [0.25, 0.3) is 5.91 Å². The topological polar surface area (TPSA) is 59.8 Å². The molecular weight excluding hydrogens is 421 g/mol. The average molecular weight is 443 g/mol. The lowest BCUT2D eigenvalue weighted by Crippen LogP contribution is -2.29. The van der Waals surface area contributed by atoms with Gasteiger partial charge in [-0.2, -0.15) is 0 Å². The fourth-order valence-corrected chi connectivity index (χ4v) is 4.30. The van der Waals surface area contributed by atoms with Crippen LogP contribution in [0.3, 0.4) is 0 Å². The number of ether oxygens (including phenoxy) is 1. The van der Waals surface area contributed by atoms with Crippen LogP contribution in [0.5, 0.6) is 5.75 Å².